The van der Waals surface area contributed by atoms with E-state index in [1.165, 1.54) is 16.4 Å². The average Bonchev–Trinajstić information content (AvgIpc) is 3.40. The summed E-state index contributed by atoms with van der Waals surface area (Å²) < 4.78 is 28.4. The van der Waals surface area contributed by atoms with Gasteiger partial charge in [-0.1, -0.05) is 30.3 Å². The Kier molecular flexibility index (Phi) is 4.99. The molecular formula is C18H18BrNO4S. The number of hydrogen-bond donors (Lipinski definition) is 1. The molecule has 0 bridgehead atoms. The second kappa shape index (κ2) is 6.90. The van der Waals surface area contributed by atoms with E-state index in [1.807, 2.05) is 30.3 Å². The molecule has 1 saturated carbocycles. The topological polar surface area (TPSA) is 74.7 Å². The van der Waals surface area contributed by atoms with Gasteiger partial charge in [-0.2, -0.15) is 4.31 Å². The molecule has 0 saturated heterocycles. The first-order valence-electron chi connectivity index (χ1n) is 7.90. The molecule has 1 aliphatic rings. The van der Waals surface area contributed by atoms with Crippen LogP contribution in [0.1, 0.15) is 34.3 Å². The molecular weight excluding hydrogens is 406 g/mol. The normalized spacial score (nSPS) is 14.7. The lowest BCUT2D eigenvalue weighted by Crippen LogP contribution is -2.33. The molecule has 25 heavy (non-hydrogen) atoms. The van der Waals surface area contributed by atoms with Crippen molar-refractivity contribution in [1.29, 1.82) is 0 Å². The van der Waals surface area contributed by atoms with E-state index in [4.69, 9.17) is 0 Å². The number of carboxylic acid groups (broad SMARTS) is 1. The quantitative estimate of drug-likeness (QED) is 0.766. The van der Waals surface area contributed by atoms with Crippen molar-refractivity contribution in [3.8, 4) is 0 Å². The van der Waals surface area contributed by atoms with E-state index in [2.05, 4.69) is 15.9 Å². The number of sulfonamides is 1. The van der Waals surface area contributed by atoms with Gasteiger partial charge in [0.1, 0.15) is 0 Å². The largest absolute Gasteiger partial charge is 0.478 e. The van der Waals surface area contributed by atoms with Crippen LogP contribution in [-0.4, -0.2) is 29.8 Å². The number of hydrogen-bond acceptors (Lipinski definition) is 3. The van der Waals surface area contributed by atoms with E-state index in [0.29, 0.717) is 10.0 Å². The van der Waals surface area contributed by atoms with Crippen LogP contribution < -0.4 is 0 Å². The molecule has 2 aromatic carbocycles. The Morgan fingerprint density at radius 1 is 1.24 bits per heavy atom. The number of carbonyl (C=O) groups is 1. The SMILES string of the molecule is Cc1cc(C(=O)O)cc(S(=O)(=O)N(Cc2ccccc2)C2CC2)c1Br. The maximum atomic E-state index is 13.3. The highest BCUT2D eigenvalue weighted by atomic mass is 79.9. The lowest BCUT2D eigenvalue weighted by Gasteiger charge is -2.23. The molecule has 0 amide bonds. The summed E-state index contributed by atoms with van der Waals surface area (Å²) >= 11 is 3.32. The van der Waals surface area contributed by atoms with Crippen LogP contribution in [0.25, 0.3) is 0 Å². The first-order valence-corrected chi connectivity index (χ1v) is 10.1. The van der Waals surface area contributed by atoms with Crippen LogP contribution in [0.2, 0.25) is 0 Å². The second-order valence-electron chi connectivity index (χ2n) is 6.18. The van der Waals surface area contributed by atoms with Crippen molar-refractivity contribution >= 4 is 31.9 Å². The number of benzene rings is 2. The van der Waals surface area contributed by atoms with Gasteiger partial charge in [-0.25, -0.2) is 13.2 Å². The molecule has 0 atom stereocenters. The summed E-state index contributed by atoms with van der Waals surface area (Å²) in [5.74, 6) is -1.15. The number of halogens is 1. The van der Waals surface area contributed by atoms with Gasteiger partial charge < -0.3 is 5.11 Å². The molecule has 0 aliphatic heterocycles. The van der Waals surface area contributed by atoms with Crippen molar-refractivity contribution in [3.05, 3.63) is 63.6 Å². The Morgan fingerprint density at radius 3 is 2.44 bits per heavy atom. The lowest BCUT2D eigenvalue weighted by atomic mass is 10.1. The van der Waals surface area contributed by atoms with Gasteiger partial charge in [0.25, 0.3) is 0 Å². The van der Waals surface area contributed by atoms with E-state index >= 15 is 0 Å². The van der Waals surface area contributed by atoms with Crippen LogP contribution in [0.15, 0.2) is 51.8 Å². The van der Waals surface area contributed by atoms with Gasteiger partial charge in [0.05, 0.1) is 10.5 Å². The zero-order valence-corrected chi connectivity index (χ0v) is 16.0. The molecule has 3 rings (SSSR count). The average molecular weight is 424 g/mol. The Labute approximate surface area is 155 Å². The molecule has 0 spiro atoms. The van der Waals surface area contributed by atoms with Crippen LogP contribution in [0.3, 0.4) is 0 Å². The van der Waals surface area contributed by atoms with Crippen molar-refractivity contribution in [2.45, 2.75) is 37.2 Å². The molecule has 0 heterocycles. The second-order valence-corrected chi connectivity index (χ2v) is 8.83. The van der Waals surface area contributed by atoms with E-state index in [0.717, 1.165) is 18.4 Å². The highest BCUT2D eigenvalue weighted by molar-refractivity contribution is 9.10. The van der Waals surface area contributed by atoms with Gasteiger partial charge in [0.2, 0.25) is 10.0 Å². The minimum Gasteiger partial charge on any atom is -0.478 e. The summed E-state index contributed by atoms with van der Waals surface area (Å²) in [6, 6.07) is 12.1. The number of aromatic carboxylic acids is 1. The van der Waals surface area contributed by atoms with Crippen LogP contribution >= 0.6 is 15.9 Å². The van der Waals surface area contributed by atoms with Crippen LogP contribution in [0, 0.1) is 6.92 Å². The standard InChI is InChI=1S/C18H18BrNO4S/c1-12-9-14(18(21)22)10-16(17(12)19)25(23,24)20(15-7-8-15)11-13-5-3-2-4-6-13/h2-6,9-10,15H,7-8,11H2,1H3,(H,21,22). The summed E-state index contributed by atoms with van der Waals surface area (Å²) in [7, 11) is -3.82. The highest BCUT2D eigenvalue weighted by Gasteiger charge is 2.39. The van der Waals surface area contributed by atoms with Gasteiger partial charge >= 0.3 is 5.97 Å². The Morgan fingerprint density at radius 2 is 1.88 bits per heavy atom. The van der Waals surface area contributed by atoms with Gasteiger partial charge in [-0.05, 0) is 59.0 Å². The minimum atomic E-state index is -3.82. The fourth-order valence-corrected chi connectivity index (χ4v) is 5.39. The molecule has 132 valence electrons. The van der Waals surface area contributed by atoms with Crippen LogP contribution in [0.5, 0.6) is 0 Å². The predicted molar refractivity (Wildman–Crippen MR) is 98.0 cm³/mol. The Bertz CT molecular complexity index is 908. The van der Waals surface area contributed by atoms with Crippen LogP contribution in [-0.2, 0) is 16.6 Å². The summed E-state index contributed by atoms with van der Waals surface area (Å²) in [6.45, 7) is 1.96. The molecule has 0 unspecified atom stereocenters. The number of rotatable bonds is 6. The third kappa shape index (κ3) is 3.78. The van der Waals surface area contributed by atoms with Crippen molar-refractivity contribution in [2.75, 3.05) is 0 Å². The number of carboxylic acids is 1. The third-order valence-electron chi connectivity index (χ3n) is 4.19. The molecule has 2 aromatic rings. The third-order valence-corrected chi connectivity index (χ3v) is 7.43. The highest BCUT2D eigenvalue weighted by Crippen LogP contribution is 2.37. The van der Waals surface area contributed by atoms with Crippen molar-refractivity contribution in [2.24, 2.45) is 0 Å². The zero-order chi connectivity index (χ0) is 18.2. The van der Waals surface area contributed by atoms with Crippen molar-refractivity contribution in [3.63, 3.8) is 0 Å². The van der Waals surface area contributed by atoms with E-state index in [1.54, 1.807) is 6.92 Å². The van der Waals surface area contributed by atoms with Gasteiger partial charge in [0.15, 0.2) is 0 Å². The summed E-state index contributed by atoms with van der Waals surface area (Å²) in [4.78, 5) is 11.3. The smallest absolute Gasteiger partial charge is 0.335 e. The van der Waals surface area contributed by atoms with E-state index in [-0.39, 0.29) is 23.0 Å². The number of aryl methyl sites for hydroxylation is 1. The van der Waals surface area contributed by atoms with Crippen molar-refractivity contribution in [1.82, 2.24) is 4.31 Å². The van der Waals surface area contributed by atoms with E-state index < -0.39 is 16.0 Å². The Balaban J connectivity index is 2.06. The fourth-order valence-electron chi connectivity index (χ4n) is 2.71. The molecule has 1 N–H and O–H groups in total. The maximum absolute atomic E-state index is 13.3. The van der Waals surface area contributed by atoms with Crippen molar-refractivity contribution < 1.29 is 18.3 Å². The Hall–Kier alpha value is -1.70. The maximum Gasteiger partial charge on any atom is 0.335 e. The minimum absolute atomic E-state index is 0.00716. The zero-order valence-electron chi connectivity index (χ0n) is 13.6. The molecule has 0 aromatic heterocycles. The van der Waals surface area contributed by atoms with Gasteiger partial charge in [0, 0.05) is 17.1 Å². The first kappa shape index (κ1) is 18.1. The monoisotopic (exact) mass is 423 g/mol. The lowest BCUT2D eigenvalue weighted by molar-refractivity contribution is 0.0696. The summed E-state index contributed by atoms with van der Waals surface area (Å²) in [6.07, 6.45) is 1.64. The van der Waals surface area contributed by atoms with Crippen LogP contribution in [0.4, 0.5) is 0 Å². The molecule has 5 nitrogen and oxygen atoms in total. The van der Waals surface area contributed by atoms with E-state index in [9.17, 15) is 18.3 Å². The predicted octanol–water partition coefficient (Wildman–Crippen LogP) is 3.81. The number of nitrogens with zero attached hydrogens (tertiary/aromatic N) is 1. The van der Waals surface area contributed by atoms with Gasteiger partial charge in [-0.3, -0.25) is 0 Å². The molecule has 0 radical (unpaired) electrons. The summed E-state index contributed by atoms with van der Waals surface area (Å²) in [5.41, 5.74) is 1.45. The molecule has 1 fully saturated rings. The molecule has 7 heteroatoms. The first-order chi connectivity index (χ1) is 11.8. The fraction of sp³-hybridized carbons (Fsp3) is 0.278. The summed E-state index contributed by atoms with van der Waals surface area (Å²) in [5, 5.41) is 9.26. The molecule has 1 aliphatic carbocycles. The van der Waals surface area contributed by atoms with Gasteiger partial charge in [-0.15, -0.1) is 0 Å².